The van der Waals surface area contributed by atoms with Crippen molar-refractivity contribution in [1.82, 2.24) is 15.6 Å². The number of benzene rings is 1. The number of oxazole rings is 1. The van der Waals surface area contributed by atoms with E-state index < -0.39 is 0 Å². The van der Waals surface area contributed by atoms with Crippen LogP contribution in [0.5, 0.6) is 5.75 Å². The zero-order valence-electron chi connectivity index (χ0n) is 18.3. The second kappa shape index (κ2) is 9.33. The summed E-state index contributed by atoms with van der Waals surface area (Å²) in [5.41, 5.74) is 2.25. The summed E-state index contributed by atoms with van der Waals surface area (Å²) in [6.07, 6.45) is 4.37. The zero-order valence-corrected chi connectivity index (χ0v) is 18.3. The van der Waals surface area contributed by atoms with Gasteiger partial charge >= 0.3 is 0 Å². The third kappa shape index (κ3) is 6.51. The molecule has 3 rings (SSSR count). The predicted molar refractivity (Wildman–Crippen MR) is 116 cm³/mol. The van der Waals surface area contributed by atoms with Gasteiger partial charge in [0.2, 0.25) is 5.89 Å². The molecule has 1 aliphatic carbocycles. The normalized spacial score (nSPS) is 14.7. The van der Waals surface area contributed by atoms with E-state index in [2.05, 4.69) is 68.4 Å². The molecule has 1 aliphatic rings. The van der Waals surface area contributed by atoms with Crippen LogP contribution in [0.1, 0.15) is 63.3 Å². The molecule has 1 aromatic heterocycles. The number of nitrogens with one attached hydrogen (secondary N) is 2. The van der Waals surface area contributed by atoms with Gasteiger partial charge in [0.1, 0.15) is 11.5 Å². The molecule has 158 valence electrons. The van der Waals surface area contributed by atoms with Gasteiger partial charge in [-0.25, -0.2) is 9.98 Å². The van der Waals surface area contributed by atoms with Crippen molar-refractivity contribution in [3.8, 4) is 5.75 Å². The molecule has 2 aromatic rings. The van der Waals surface area contributed by atoms with Crippen LogP contribution in [0.3, 0.4) is 0 Å². The molecule has 0 atom stereocenters. The van der Waals surface area contributed by atoms with Crippen LogP contribution in [-0.4, -0.2) is 24.1 Å². The van der Waals surface area contributed by atoms with Gasteiger partial charge in [-0.2, -0.15) is 0 Å². The van der Waals surface area contributed by atoms with Crippen molar-refractivity contribution in [3.63, 3.8) is 0 Å². The second-order valence-corrected chi connectivity index (χ2v) is 8.78. The molecule has 0 bridgehead atoms. The molecule has 0 unspecified atom stereocenters. The molecule has 1 fully saturated rings. The van der Waals surface area contributed by atoms with E-state index in [1.54, 1.807) is 6.20 Å². The van der Waals surface area contributed by atoms with E-state index in [1.807, 2.05) is 0 Å². The lowest BCUT2D eigenvalue weighted by Gasteiger charge is -2.14. The van der Waals surface area contributed by atoms with Crippen LogP contribution in [0.2, 0.25) is 0 Å². The Morgan fingerprint density at radius 2 is 2.07 bits per heavy atom. The fourth-order valence-corrected chi connectivity index (χ4v) is 2.82. The Labute approximate surface area is 174 Å². The van der Waals surface area contributed by atoms with E-state index in [4.69, 9.17) is 14.1 Å². The molecule has 0 spiro atoms. The highest BCUT2D eigenvalue weighted by atomic mass is 16.5. The highest BCUT2D eigenvalue weighted by molar-refractivity contribution is 5.79. The minimum Gasteiger partial charge on any atom is -0.493 e. The summed E-state index contributed by atoms with van der Waals surface area (Å²) in [5, 5.41) is 6.58. The average molecular weight is 399 g/mol. The van der Waals surface area contributed by atoms with E-state index in [0.29, 0.717) is 19.0 Å². The van der Waals surface area contributed by atoms with Crippen molar-refractivity contribution in [3.05, 3.63) is 47.2 Å². The van der Waals surface area contributed by atoms with Gasteiger partial charge in [0, 0.05) is 17.5 Å². The number of aliphatic imine (C=N–C) groups is 1. The average Bonchev–Trinajstić information content (AvgIpc) is 3.37. The number of rotatable bonds is 8. The van der Waals surface area contributed by atoms with Crippen molar-refractivity contribution in [2.45, 2.75) is 66.0 Å². The van der Waals surface area contributed by atoms with Crippen molar-refractivity contribution in [1.29, 1.82) is 0 Å². The lowest BCUT2D eigenvalue weighted by molar-refractivity contribution is 0.296. The smallest absolute Gasteiger partial charge is 0.213 e. The molecule has 29 heavy (non-hydrogen) atoms. The Balaban J connectivity index is 1.63. The van der Waals surface area contributed by atoms with Crippen LogP contribution in [0.15, 0.2) is 33.8 Å². The first-order valence-corrected chi connectivity index (χ1v) is 10.5. The lowest BCUT2D eigenvalue weighted by Crippen LogP contribution is -2.36. The number of ether oxygens (including phenoxy) is 1. The van der Waals surface area contributed by atoms with Crippen LogP contribution in [0, 0.1) is 12.8 Å². The molecule has 6 nitrogen and oxygen atoms in total. The maximum atomic E-state index is 6.06. The molecule has 1 heterocycles. The Kier molecular flexibility index (Phi) is 6.83. The molecule has 6 heteroatoms. The predicted octanol–water partition coefficient (Wildman–Crippen LogP) is 4.32. The summed E-state index contributed by atoms with van der Waals surface area (Å²) in [4.78, 5) is 9.10. The number of guanidine groups is 1. The second-order valence-electron chi connectivity index (χ2n) is 8.78. The van der Waals surface area contributed by atoms with E-state index in [1.165, 1.54) is 18.4 Å². The fourth-order valence-electron chi connectivity index (χ4n) is 2.82. The van der Waals surface area contributed by atoms with Gasteiger partial charge in [0.25, 0.3) is 0 Å². The molecule has 0 aliphatic heterocycles. The van der Waals surface area contributed by atoms with E-state index in [-0.39, 0.29) is 5.41 Å². The van der Waals surface area contributed by atoms with Crippen LogP contribution in [0.4, 0.5) is 0 Å². The number of nitrogens with zero attached hydrogens (tertiary/aromatic N) is 2. The topological polar surface area (TPSA) is 71.7 Å². The van der Waals surface area contributed by atoms with Gasteiger partial charge < -0.3 is 19.8 Å². The van der Waals surface area contributed by atoms with E-state index >= 15 is 0 Å². The SMILES string of the molecule is CCNC(=NCc1ccc(C)cc1OCC1CC1)NCc1ncc(C(C)(C)C)o1. The molecule has 0 saturated heterocycles. The van der Waals surface area contributed by atoms with Gasteiger partial charge in [0.15, 0.2) is 5.96 Å². The number of aromatic nitrogens is 1. The Hall–Kier alpha value is -2.50. The van der Waals surface area contributed by atoms with Gasteiger partial charge in [-0.15, -0.1) is 0 Å². The van der Waals surface area contributed by atoms with E-state index in [0.717, 1.165) is 42.1 Å². The van der Waals surface area contributed by atoms with Gasteiger partial charge in [-0.3, -0.25) is 0 Å². The Morgan fingerprint density at radius 3 is 2.72 bits per heavy atom. The minimum absolute atomic E-state index is 0.0495. The standard InChI is InChI=1S/C23H34N4O2/c1-6-24-22(27-14-21-25-13-20(29-21)23(3,4)5)26-12-18-10-7-16(2)11-19(18)28-15-17-8-9-17/h7,10-11,13,17H,6,8-9,12,14-15H2,1-5H3,(H2,24,26,27). The Bertz CT molecular complexity index is 832. The number of hydrogen-bond acceptors (Lipinski definition) is 4. The quantitative estimate of drug-likeness (QED) is 0.512. The van der Waals surface area contributed by atoms with Crippen LogP contribution >= 0.6 is 0 Å². The Morgan fingerprint density at radius 1 is 1.28 bits per heavy atom. The summed E-state index contributed by atoms with van der Waals surface area (Å²) in [6.45, 7) is 13.1. The van der Waals surface area contributed by atoms with E-state index in [9.17, 15) is 0 Å². The van der Waals surface area contributed by atoms with Gasteiger partial charge in [0.05, 0.1) is 25.9 Å². The number of hydrogen-bond donors (Lipinski definition) is 2. The van der Waals surface area contributed by atoms with Crippen LogP contribution in [-0.2, 0) is 18.5 Å². The molecule has 1 saturated carbocycles. The third-order valence-electron chi connectivity index (χ3n) is 4.85. The zero-order chi connectivity index (χ0) is 20.9. The number of aryl methyl sites for hydroxylation is 1. The summed E-state index contributed by atoms with van der Waals surface area (Å²) in [7, 11) is 0. The monoisotopic (exact) mass is 398 g/mol. The molecule has 0 radical (unpaired) electrons. The first kappa shape index (κ1) is 21.2. The molecule has 2 N–H and O–H groups in total. The highest BCUT2D eigenvalue weighted by Crippen LogP contribution is 2.31. The van der Waals surface area contributed by atoms with Gasteiger partial charge in [-0.05, 0) is 44.2 Å². The molecular weight excluding hydrogens is 364 g/mol. The van der Waals surface area contributed by atoms with Crippen molar-refractivity contribution in [2.24, 2.45) is 10.9 Å². The van der Waals surface area contributed by atoms with Crippen molar-refractivity contribution in [2.75, 3.05) is 13.2 Å². The summed E-state index contributed by atoms with van der Waals surface area (Å²) >= 11 is 0. The first-order valence-electron chi connectivity index (χ1n) is 10.5. The summed E-state index contributed by atoms with van der Waals surface area (Å²) < 4.78 is 11.9. The summed E-state index contributed by atoms with van der Waals surface area (Å²) in [6, 6.07) is 6.32. The van der Waals surface area contributed by atoms with Crippen LogP contribution < -0.4 is 15.4 Å². The maximum Gasteiger partial charge on any atom is 0.213 e. The van der Waals surface area contributed by atoms with Crippen LogP contribution in [0.25, 0.3) is 0 Å². The fraction of sp³-hybridized carbons (Fsp3) is 0.565. The highest BCUT2D eigenvalue weighted by Gasteiger charge is 2.22. The molecular formula is C23H34N4O2. The maximum absolute atomic E-state index is 6.06. The minimum atomic E-state index is -0.0495. The molecule has 1 aromatic carbocycles. The largest absolute Gasteiger partial charge is 0.493 e. The lowest BCUT2D eigenvalue weighted by atomic mass is 9.94. The van der Waals surface area contributed by atoms with Crippen molar-refractivity contribution < 1.29 is 9.15 Å². The third-order valence-corrected chi connectivity index (χ3v) is 4.85. The van der Waals surface area contributed by atoms with Crippen molar-refractivity contribution >= 4 is 5.96 Å². The first-order chi connectivity index (χ1) is 13.8. The van der Waals surface area contributed by atoms with Gasteiger partial charge in [-0.1, -0.05) is 32.9 Å². The summed E-state index contributed by atoms with van der Waals surface area (Å²) in [5.74, 6) is 3.94. The molecule has 0 amide bonds.